The van der Waals surface area contributed by atoms with E-state index in [0.717, 1.165) is 33.2 Å². The van der Waals surface area contributed by atoms with Crippen LogP contribution in [0.2, 0.25) is 0 Å². The standard InChI is InChI=1S/C33H28N4O5S/c1-4-42-32(39)29-21(3)34-33-36(30(29)23-13-9-20(2)10-14-23)31(38)28(43-33)17-24-19-35(27-8-6-5-7-26(24)27)18-22-11-15-25(16-12-22)37(40)41/h5-17,19,30H,4,18H2,1-3H3/b28-17-/t30-/m1/s1. The summed E-state index contributed by atoms with van der Waals surface area (Å²) < 4.78 is 9.54. The first-order chi connectivity index (χ1) is 20.7. The van der Waals surface area contributed by atoms with Gasteiger partial charge in [0.2, 0.25) is 0 Å². The van der Waals surface area contributed by atoms with Crippen molar-refractivity contribution in [2.45, 2.75) is 33.4 Å². The zero-order valence-corrected chi connectivity index (χ0v) is 24.6. The van der Waals surface area contributed by atoms with Gasteiger partial charge in [-0.1, -0.05) is 71.5 Å². The molecule has 0 saturated carbocycles. The molecule has 0 radical (unpaired) electrons. The number of thiazole rings is 1. The minimum absolute atomic E-state index is 0.0440. The molecule has 0 bridgehead atoms. The molecule has 0 amide bonds. The average molecular weight is 593 g/mol. The predicted octanol–water partition coefficient (Wildman–Crippen LogP) is 5.02. The van der Waals surface area contributed by atoms with Gasteiger partial charge in [0.25, 0.3) is 11.2 Å². The Morgan fingerprint density at radius 2 is 1.79 bits per heavy atom. The van der Waals surface area contributed by atoms with Crippen molar-refractivity contribution in [1.82, 2.24) is 9.13 Å². The Morgan fingerprint density at radius 1 is 1.07 bits per heavy atom. The molecule has 2 aromatic heterocycles. The lowest BCUT2D eigenvalue weighted by Gasteiger charge is -2.24. The zero-order chi connectivity index (χ0) is 30.2. The van der Waals surface area contributed by atoms with Crippen molar-refractivity contribution in [3.63, 3.8) is 0 Å². The maximum atomic E-state index is 14.1. The van der Waals surface area contributed by atoms with Crippen LogP contribution >= 0.6 is 11.3 Å². The molecule has 1 aliphatic heterocycles. The Kier molecular flexibility index (Phi) is 7.37. The number of hydrogen-bond donors (Lipinski definition) is 0. The Bertz CT molecular complexity index is 2100. The van der Waals surface area contributed by atoms with Crippen molar-refractivity contribution in [2.24, 2.45) is 4.99 Å². The van der Waals surface area contributed by atoms with Crippen LogP contribution in [0.25, 0.3) is 17.0 Å². The van der Waals surface area contributed by atoms with E-state index in [0.29, 0.717) is 27.1 Å². The highest BCUT2D eigenvalue weighted by atomic mass is 32.1. The summed E-state index contributed by atoms with van der Waals surface area (Å²) in [5.41, 5.74) is 5.29. The van der Waals surface area contributed by atoms with Crippen LogP contribution in [0.5, 0.6) is 0 Å². The third-order valence-electron chi connectivity index (χ3n) is 7.52. The number of carbonyl (C=O) groups excluding carboxylic acids is 1. The number of carbonyl (C=O) groups is 1. The number of aryl methyl sites for hydroxylation is 1. The molecule has 0 spiro atoms. The van der Waals surface area contributed by atoms with E-state index in [2.05, 4.69) is 9.56 Å². The first-order valence-electron chi connectivity index (χ1n) is 13.8. The van der Waals surface area contributed by atoms with Crippen LogP contribution in [0.15, 0.2) is 100 Å². The van der Waals surface area contributed by atoms with Crippen LogP contribution in [0.4, 0.5) is 5.69 Å². The Morgan fingerprint density at radius 3 is 2.49 bits per heavy atom. The van der Waals surface area contributed by atoms with Crippen molar-refractivity contribution >= 4 is 40.0 Å². The van der Waals surface area contributed by atoms with Crippen LogP contribution in [0, 0.1) is 17.0 Å². The Hall–Kier alpha value is -5.09. The number of benzene rings is 3. The van der Waals surface area contributed by atoms with E-state index in [1.807, 2.05) is 67.7 Å². The lowest BCUT2D eigenvalue weighted by Crippen LogP contribution is -2.39. The highest BCUT2D eigenvalue weighted by Crippen LogP contribution is 2.31. The van der Waals surface area contributed by atoms with Crippen molar-refractivity contribution in [3.8, 4) is 0 Å². The first-order valence-corrected chi connectivity index (χ1v) is 14.6. The van der Waals surface area contributed by atoms with Gasteiger partial charge in [-0.15, -0.1) is 0 Å². The van der Waals surface area contributed by atoms with Crippen LogP contribution in [-0.2, 0) is 16.1 Å². The number of allylic oxidation sites excluding steroid dienone is 1. The number of nitrogens with zero attached hydrogens (tertiary/aromatic N) is 4. The van der Waals surface area contributed by atoms with Gasteiger partial charge >= 0.3 is 5.97 Å². The molecule has 9 nitrogen and oxygen atoms in total. The molecule has 43 heavy (non-hydrogen) atoms. The van der Waals surface area contributed by atoms with Gasteiger partial charge in [0.05, 0.1) is 33.4 Å². The second-order valence-corrected chi connectivity index (χ2v) is 11.4. The molecule has 6 rings (SSSR count). The van der Waals surface area contributed by atoms with E-state index in [4.69, 9.17) is 4.74 Å². The van der Waals surface area contributed by atoms with Gasteiger partial charge in [-0.2, -0.15) is 0 Å². The van der Waals surface area contributed by atoms with E-state index in [9.17, 15) is 19.7 Å². The average Bonchev–Trinajstić information content (AvgIpc) is 3.49. The summed E-state index contributed by atoms with van der Waals surface area (Å²) >= 11 is 1.28. The van der Waals surface area contributed by atoms with Gasteiger partial charge < -0.3 is 9.30 Å². The minimum Gasteiger partial charge on any atom is -0.463 e. The largest absolute Gasteiger partial charge is 0.463 e. The summed E-state index contributed by atoms with van der Waals surface area (Å²) in [4.78, 5) is 43.1. The number of aromatic nitrogens is 2. The summed E-state index contributed by atoms with van der Waals surface area (Å²) in [5, 5.41) is 12.0. The van der Waals surface area contributed by atoms with Crippen molar-refractivity contribution in [3.05, 3.63) is 142 Å². The number of esters is 1. The summed E-state index contributed by atoms with van der Waals surface area (Å²) in [6.45, 7) is 6.23. The maximum absolute atomic E-state index is 14.1. The fraction of sp³-hybridized carbons (Fsp3) is 0.182. The summed E-state index contributed by atoms with van der Waals surface area (Å²) in [6.07, 6.45) is 3.85. The number of rotatable bonds is 7. The molecule has 1 aliphatic rings. The monoisotopic (exact) mass is 592 g/mol. The van der Waals surface area contributed by atoms with E-state index in [-0.39, 0.29) is 17.9 Å². The highest BCUT2D eigenvalue weighted by molar-refractivity contribution is 7.07. The minimum atomic E-state index is -0.665. The number of para-hydroxylation sites is 1. The lowest BCUT2D eigenvalue weighted by molar-refractivity contribution is -0.384. The zero-order valence-electron chi connectivity index (χ0n) is 23.8. The van der Waals surface area contributed by atoms with Crippen LogP contribution in [0.1, 0.15) is 42.1 Å². The van der Waals surface area contributed by atoms with E-state index < -0.39 is 16.9 Å². The molecular weight excluding hydrogens is 564 g/mol. The van der Waals surface area contributed by atoms with Gasteiger partial charge in [-0.25, -0.2) is 9.79 Å². The molecule has 0 aliphatic carbocycles. The van der Waals surface area contributed by atoms with Crippen LogP contribution in [-0.4, -0.2) is 26.6 Å². The van der Waals surface area contributed by atoms with Gasteiger partial charge in [-0.05, 0) is 44.0 Å². The normalized spacial score (nSPS) is 15.0. The highest BCUT2D eigenvalue weighted by Gasteiger charge is 2.33. The number of hydrogen-bond acceptors (Lipinski definition) is 7. The topological polar surface area (TPSA) is 109 Å². The van der Waals surface area contributed by atoms with Crippen LogP contribution in [0.3, 0.4) is 0 Å². The molecule has 3 heterocycles. The summed E-state index contributed by atoms with van der Waals surface area (Å²) in [7, 11) is 0. The first kappa shape index (κ1) is 28.0. The predicted molar refractivity (Wildman–Crippen MR) is 166 cm³/mol. The Labute approximate surface area is 250 Å². The van der Waals surface area contributed by atoms with Crippen molar-refractivity contribution in [2.75, 3.05) is 6.61 Å². The molecule has 0 N–H and O–H groups in total. The molecule has 216 valence electrons. The summed E-state index contributed by atoms with van der Waals surface area (Å²) in [5.74, 6) is -0.488. The lowest BCUT2D eigenvalue weighted by atomic mass is 9.95. The Balaban J connectivity index is 1.48. The summed E-state index contributed by atoms with van der Waals surface area (Å²) in [6, 6.07) is 21.5. The molecule has 0 unspecified atom stereocenters. The number of non-ortho nitro benzene ring substituents is 1. The molecule has 1 atom stereocenters. The van der Waals surface area contributed by atoms with E-state index >= 15 is 0 Å². The quantitative estimate of drug-likeness (QED) is 0.150. The molecule has 0 saturated heterocycles. The SMILES string of the molecule is CCOC(=O)C1=C(C)N=c2s/c(=C\c3cn(Cc4ccc([N+](=O)[O-])cc4)c4ccccc34)c(=O)n2[C@@H]1c1ccc(C)cc1. The van der Waals surface area contributed by atoms with Gasteiger partial charge in [0, 0.05) is 41.3 Å². The maximum Gasteiger partial charge on any atom is 0.338 e. The van der Waals surface area contributed by atoms with E-state index in [1.165, 1.54) is 23.5 Å². The smallest absolute Gasteiger partial charge is 0.338 e. The second-order valence-electron chi connectivity index (χ2n) is 10.4. The van der Waals surface area contributed by atoms with E-state index in [1.54, 1.807) is 30.5 Å². The van der Waals surface area contributed by atoms with Crippen molar-refractivity contribution < 1.29 is 14.5 Å². The third kappa shape index (κ3) is 5.21. The molecule has 10 heteroatoms. The molecular formula is C33H28N4O5S. The van der Waals surface area contributed by atoms with Gasteiger partial charge in [-0.3, -0.25) is 19.5 Å². The molecule has 3 aromatic carbocycles. The fourth-order valence-electron chi connectivity index (χ4n) is 5.44. The van der Waals surface area contributed by atoms with Crippen LogP contribution < -0.4 is 14.9 Å². The number of nitro groups is 1. The molecule has 0 fully saturated rings. The third-order valence-corrected chi connectivity index (χ3v) is 8.50. The number of nitro benzene ring substituents is 1. The fourth-order valence-corrected chi connectivity index (χ4v) is 6.48. The van der Waals surface area contributed by atoms with Gasteiger partial charge in [0.15, 0.2) is 4.80 Å². The van der Waals surface area contributed by atoms with Crippen molar-refractivity contribution in [1.29, 1.82) is 0 Å². The second kappa shape index (κ2) is 11.3. The molecule has 5 aromatic rings. The number of fused-ring (bicyclic) bond motifs is 2. The van der Waals surface area contributed by atoms with Gasteiger partial charge in [0.1, 0.15) is 0 Å². The number of ether oxygens (including phenoxy) is 1.